The van der Waals surface area contributed by atoms with E-state index in [0.717, 1.165) is 35.4 Å². The number of hydrogen-bond acceptors (Lipinski definition) is 2. The number of nitrogens with zero attached hydrogens (tertiary/aromatic N) is 2. The van der Waals surface area contributed by atoms with E-state index in [2.05, 4.69) is 5.32 Å². The summed E-state index contributed by atoms with van der Waals surface area (Å²) in [5.74, 6) is -0.172. The maximum absolute atomic E-state index is 13.3. The molecule has 1 amide bonds. The van der Waals surface area contributed by atoms with Crippen LogP contribution in [0.15, 0.2) is 48.7 Å². The zero-order chi connectivity index (χ0) is 18.6. The van der Waals surface area contributed by atoms with Gasteiger partial charge in [0.2, 0.25) is 5.91 Å². The maximum atomic E-state index is 13.3. The highest BCUT2D eigenvalue weighted by Gasteiger charge is 2.18. The summed E-state index contributed by atoms with van der Waals surface area (Å²) in [6.45, 7) is 0. The van der Waals surface area contributed by atoms with Gasteiger partial charge in [-0.05, 0) is 55.7 Å². The SMILES string of the molecule is O=C(CCc1c(-c2ccc(F)cc2)nc2ccccn12)NC1CCCCC1. The van der Waals surface area contributed by atoms with Gasteiger partial charge in [0.25, 0.3) is 0 Å². The number of pyridine rings is 1. The first kappa shape index (κ1) is 17.7. The highest BCUT2D eigenvalue weighted by atomic mass is 19.1. The zero-order valence-electron chi connectivity index (χ0n) is 15.3. The van der Waals surface area contributed by atoms with E-state index in [1.165, 1.54) is 31.4 Å². The molecule has 0 radical (unpaired) electrons. The summed E-state index contributed by atoms with van der Waals surface area (Å²) in [6.07, 6.45) is 8.83. The predicted octanol–water partition coefficient (Wildman–Crippen LogP) is 4.52. The van der Waals surface area contributed by atoms with Gasteiger partial charge in [-0.1, -0.05) is 25.3 Å². The average molecular weight is 365 g/mol. The lowest BCUT2D eigenvalue weighted by molar-refractivity contribution is -0.122. The smallest absolute Gasteiger partial charge is 0.220 e. The first-order chi connectivity index (χ1) is 13.2. The fourth-order valence-corrected chi connectivity index (χ4v) is 3.90. The van der Waals surface area contributed by atoms with Gasteiger partial charge < -0.3 is 9.72 Å². The number of carbonyl (C=O) groups excluding carboxylic acids is 1. The number of aryl methyl sites for hydroxylation is 1. The summed E-state index contributed by atoms with van der Waals surface area (Å²) >= 11 is 0. The quantitative estimate of drug-likeness (QED) is 0.722. The summed E-state index contributed by atoms with van der Waals surface area (Å²) in [7, 11) is 0. The van der Waals surface area contributed by atoms with E-state index in [0.29, 0.717) is 18.9 Å². The summed E-state index contributed by atoms with van der Waals surface area (Å²) < 4.78 is 15.3. The Labute approximate surface area is 158 Å². The number of aromatic nitrogens is 2. The molecule has 1 fully saturated rings. The fourth-order valence-electron chi connectivity index (χ4n) is 3.90. The summed E-state index contributed by atoms with van der Waals surface area (Å²) in [5.41, 5.74) is 3.49. The molecular formula is C22H24FN3O. The van der Waals surface area contributed by atoms with Crippen LogP contribution in [0.3, 0.4) is 0 Å². The molecule has 4 rings (SSSR count). The summed E-state index contributed by atoms with van der Waals surface area (Å²) in [6, 6.07) is 12.5. The number of nitrogens with one attached hydrogen (secondary N) is 1. The van der Waals surface area contributed by atoms with Gasteiger partial charge in [0.15, 0.2) is 0 Å². The lowest BCUT2D eigenvalue weighted by atomic mass is 9.95. The van der Waals surface area contributed by atoms with E-state index in [9.17, 15) is 9.18 Å². The average Bonchev–Trinajstić information content (AvgIpc) is 3.06. The molecule has 0 unspecified atom stereocenters. The number of rotatable bonds is 5. The number of benzene rings is 1. The number of halogens is 1. The van der Waals surface area contributed by atoms with Crippen molar-refractivity contribution in [3.05, 3.63) is 60.2 Å². The molecule has 5 heteroatoms. The minimum absolute atomic E-state index is 0.0952. The van der Waals surface area contributed by atoms with Crippen molar-refractivity contribution in [2.45, 2.75) is 51.0 Å². The van der Waals surface area contributed by atoms with Gasteiger partial charge in [-0.15, -0.1) is 0 Å². The van der Waals surface area contributed by atoms with Crippen LogP contribution in [-0.2, 0) is 11.2 Å². The molecule has 2 heterocycles. The van der Waals surface area contributed by atoms with E-state index in [1.54, 1.807) is 12.1 Å². The van der Waals surface area contributed by atoms with Gasteiger partial charge in [0.05, 0.1) is 11.4 Å². The number of imidazole rings is 1. The molecule has 140 valence electrons. The van der Waals surface area contributed by atoms with Crippen LogP contribution in [0.5, 0.6) is 0 Å². The molecule has 0 saturated heterocycles. The van der Waals surface area contributed by atoms with E-state index in [4.69, 9.17) is 4.98 Å². The molecule has 0 aliphatic heterocycles. The minimum Gasteiger partial charge on any atom is -0.353 e. The highest BCUT2D eigenvalue weighted by molar-refractivity contribution is 5.77. The van der Waals surface area contributed by atoms with Crippen LogP contribution in [0.1, 0.15) is 44.2 Å². The van der Waals surface area contributed by atoms with Crippen molar-refractivity contribution in [3.63, 3.8) is 0 Å². The molecule has 3 aromatic rings. The van der Waals surface area contributed by atoms with E-state index < -0.39 is 0 Å². The topological polar surface area (TPSA) is 46.4 Å². The fraction of sp³-hybridized carbons (Fsp3) is 0.364. The van der Waals surface area contributed by atoms with Crippen LogP contribution in [0.2, 0.25) is 0 Å². The molecule has 1 saturated carbocycles. The first-order valence-electron chi connectivity index (χ1n) is 9.72. The Hall–Kier alpha value is -2.69. The minimum atomic E-state index is -0.268. The largest absolute Gasteiger partial charge is 0.353 e. The predicted molar refractivity (Wildman–Crippen MR) is 104 cm³/mol. The molecule has 1 N–H and O–H groups in total. The van der Waals surface area contributed by atoms with E-state index in [1.807, 2.05) is 28.8 Å². The maximum Gasteiger partial charge on any atom is 0.220 e. The Morgan fingerprint density at radius 3 is 2.67 bits per heavy atom. The lowest BCUT2D eigenvalue weighted by Crippen LogP contribution is -2.36. The van der Waals surface area contributed by atoms with Crippen LogP contribution in [0.25, 0.3) is 16.9 Å². The molecule has 4 nitrogen and oxygen atoms in total. The third-order valence-corrected chi connectivity index (χ3v) is 5.31. The van der Waals surface area contributed by atoms with Crippen molar-refractivity contribution in [1.82, 2.24) is 14.7 Å². The van der Waals surface area contributed by atoms with Crippen molar-refractivity contribution in [2.24, 2.45) is 0 Å². The Kier molecular flexibility index (Phi) is 5.19. The van der Waals surface area contributed by atoms with Gasteiger partial charge in [0.1, 0.15) is 11.5 Å². The molecular weight excluding hydrogens is 341 g/mol. The normalized spacial score (nSPS) is 15.1. The molecule has 0 bridgehead atoms. The molecule has 1 aromatic carbocycles. The number of fused-ring (bicyclic) bond motifs is 1. The van der Waals surface area contributed by atoms with Crippen LogP contribution < -0.4 is 5.32 Å². The molecule has 0 spiro atoms. The standard InChI is InChI=1S/C22H24FN3O/c23-17-11-9-16(10-12-17)22-19(26-15-5-4-8-20(26)25-22)13-14-21(27)24-18-6-2-1-3-7-18/h4-5,8-12,15,18H,1-3,6-7,13-14H2,(H,24,27). The van der Waals surface area contributed by atoms with Crippen molar-refractivity contribution >= 4 is 11.6 Å². The summed E-state index contributed by atoms with van der Waals surface area (Å²) in [5, 5.41) is 3.18. The molecule has 2 aromatic heterocycles. The molecule has 1 aliphatic carbocycles. The van der Waals surface area contributed by atoms with E-state index in [-0.39, 0.29) is 11.7 Å². The molecule has 27 heavy (non-hydrogen) atoms. The third kappa shape index (κ3) is 4.02. The van der Waals surface area contributed by atoms with Crippen LogP contribution in [0.4, 0.5) is 4.39 Å². The van der Waals surface area contributed by atoms with Crippen molar-refractivity contribution in [2.75, 3.05) is 0 Å². The van der Waals surface area contributed by atoms with Crippen molar-refractivity contribution in [1.29, 1.82) is 0 Å². The van der Waals surface area contributed by atoms with E-state index >= 15 is 0 Å². The van der Waals surface area contributed by atoms with Crippen molar-refractivity contribution in [3.8, 4) is 11.3 Å². The Morgan fingerprint density at radius 1 is 1.11 bits per heavy atom. The van der Waals surface area contributed by atoms with Crippen LogP contribution in [0, 0.1) is 5.82 Å². The molecule has 0 atom stereocenters. The highest BCUT2D eigenvalue weighted by Crippen LogP contribution is 2.26. The van der Waals surface area contributed by atoms with Gasteiger partial charge >= 0.3 is 0 Å². The van der Waals surface area contributed by atoms with Gasteiger partial charge in [-0.2, -0.15) is 0 Å². The number of hydrogen-bond donors (Lipinski definition) is 1. The second-order valence-corrected chi connectivity index (χ2v) is 7.25. The Balaban J connectivity index is 1.55. The van der Waals surface area contributed by atoms with Crippen LogP contribution in [-0.4, -0.2) is 21.3 Å². The first-order valence-corrected chi connectivity index (χ1v) is 9.72. The number of carbonyl (C=O) groups is 1. The molecule has 1 aliphatic rings. The van der Waals surface area contributed by atoms with Gasteiger partial charge in [-0.3, -0.25) is 4.79 Å². The summed E-state index contributed by atoms with van der Waals surface area (Å²) in [4.78, 5) is 17.2. The number of amides is 1. The monoisotopic (exact) mass is 365 g/mol. The lowest BCUT2D eigenvalue weighted by Gasteiger charge is -2.22. The zero-order valence-corrected chi connectivity index (χ0v) is 15.3. The van der Waals surface area contributed by atoms with Gasteiger partial charge in [0, 0.05) is 24.2 Å². The van der Waals surface area contributed by atoms with Gasteiger partial charge in [-0.25, -0.2) is 9.37 Å². The Morgan fingerprint density at radius 2 is 1.89 bits per heavy atom. The van der Waals surface area contributed by atoms with Crippen molar-refractivity contribution < 1.29 is 9.18 Å². The Bertz CT molecular complexity index is 926. The van der Waals surface area contributed by atoms with Crippen LogP contribution >= 0.6 is 0 Å². The third-order valence-electron chi connectivity index (χ3n) is 5.31. The second-order valence-electron chi connectivity index (χ2n) is 7.25. The second kappa shape index (κ2) is 7.91.